The molecule has 12 heteroatoms. The number of Topliss-reactive ketones (excluding diaryl/α,β-unsaturated/α-hetero) is 1. The third kappa shape index (κ3) is 5.23. The first-order chi connectivity index (χ1) is 20.3. The zero-order valence-electron chi connectivity index (χ0n) is 27.0. The second kappa shape index (κ2) is 11.2. The van der Waals surface area contributed by atoms with Gasteiger partial charge in [-0.15, -0.1) is 0 Å². The van der Waals surface area contributed by atoms with Crippen LogP contribution in [-0.2, 0) is 28.6 Å². The van der Waals surface area contributed by atoms with E-state index >= 15 is 0 Å². The summed E-state index contributed by atoms with van der Waals surface area (Å²) in [5, 5.41) is 12.7. The number of carbonyl (C=O) groups excluding carboxylic acids is 4. The minimum absolute atomic E-state index is 0.0433. The largest absolute Gasteiger partial charge is 0.543 e. The highest BCUT2D eigenvalue weighted by molar-refractivity contribution is 6.74. The summed E-state index contributed by atoms with van der Waals surface area (Å²) in [6.07, 6.45) is -4.64. The molecule has 0 saturated carbocycles. The Labute approximate surface area is 257 Å². The van der Waals surface area contributed by atoms with Gasteiger partial charge in [-0.05, 0) is 31.1 Å². The third-order valence-electron chi connectivity index (χ3n) is 8.61. The molecule has 0 saturated heterocycles. The van der Waals surface area contributed by atoms with Gasteiger partial charge in [-0.1, -0.05) is 32.9 Å². The molecule has 0 bridgehead atoms. The topological polar surface area (TPSA) is 144 Å². The highest BCUT2D eigenvalue weighted by atomic mass is 28.4. The number of esters is 3. The summed E-state index contributed by atoms with van der Waals surface area (Å²) in [4.78, 5) is 51.6. The summed E-state index contributed by atoms with van der Waals surface area (Å²) in [6, 6.07) is 5.38. The fourth-order valence-electron chi connectivity index (χ4n) is 5.69. The van der Waals surface area contributed by atoms with Gasteiger partial charge in [-0.25, -0.2) is 0 Å². The smallest absolute Gasteiger partial charge is 0.303 e. The Kier molecular flexibility index (Phi) is 8.42. The molecule has 0 unspecified atom stereocenters. The molecule has 0 amide bonds. The molecule has 2 aliphatic carbocycles. The maximum Gasteiger partial charge on any atom is 0.303 e. The summed E-state index contributed by atoms with van der Waals surface area (Å²) < 4.78 is 35.4. The van der Waals surface area contributed by atoms with Crippen molar-refractivity contribution < 1.29 is 52.4 Å². The van der Waals surface area contributed by atoms with Crippen LogP contribution in [0.4, 0.5) is 0 Å². The van der Waals surface area contributed by atoms with Gasteiger partial charge in [0.25, 0.3) is 8.32 Å². The van der Waals surface area contributed by atoms with E-state index in [9.17, 15) is 24.3 Å². The number of methoxy groups -OCH3 is 2. The van der Waals surface area contributed by atoms with Gasteiger partial charge in [-0.3, -0.25) is 19.2 Å². The number of ether oxygens (including phenoxy) is 5. The van der Waals surface area contributed by atoms with Crippen LogP contribution in [0.5, 0.6) is 17.2 Å². The minimum Gasteiger partial charge on any atom is -0.543 e. The summed E-state index contributed by atoms with van der Waals surface area (Å²) in [7, 11) is 0.456. The first-order valence-corrected chi connectivity index (χ1v) is 17.1. The zero-order valence-corrected chi connectivity index (χ0v) is 28.0. The van der Waals surface area contributed by atoms with E-state index in [0.29, 0.717) is 16.5 Å². The van der Waals surface area contributed by atoms with Crippen LogP contribution in [0, 0.1) is 0 Å². The number of carbonyl (C=O) groups is 4. The third-order valence-corrected chi connectivity index (χ3v) is 13.0. The molecule has 2 aromatic rings. The lowest BCUT2D eigenvalue weighted by Gasteiger charge is -2.45. The van der Waals surface area contributed by atoms with Crippen LogP contribution in [0.1, 0.15) is 64.4 Å². The number of ketones is 1. The Morgan fingerprint density at radius 2 is 1.43 bits per heavy atom. The van der Waals surface area contributed by atoms with Gasteiger partial charge >= 0.3 is 17.9 Å². The lowest BCUT2D eigenvalue weighted by atomic mass is 9.74. The number of fused-ring (bicyclic) bond motifs is 3. The van der Waals surface area contributed by atoms with Crippen molar-refractivity contribution in [3.8, 4) is 17.2 Å². The van der Waals surface area contributed by atoms with Crippen LogP contribution in [0.15, 0.2) is 23.8 Å². The highest BCUT2D eigenvalue weighted by Gasteiger charge is 2.61. The molecule has 44 heavy (non-hydrogen) atoms. The number of rotatable bonds is 7. The monoisotopic (exact) mass is 628 g/mol. The van der Waals surface area contributed by atoms with Crippen LogP contribution in [-0.4, -0.2) is 75.2 Å². The molecule has 0 aliphatic heterocycles. The number of hydrogen-bond acceptors (Lipinski definition) is 11. The van der Waals surface area contributed by atoms with Crippen molar-refractivity contribution >= 4 is 48.4 Å². The zero-order chi connectivity index (χ0) is 33.1. The predicted molar refractivity (Wildman–Crippen MR) is 163 cm³/mol. The van der Waals surface area contributed by atoms with Crippen LogP contribution < -0.4 is 13.9 Å². The van der Waals surface area contributed by atoms with Gasteiger partial charge in [0.1, 0.15) is 22.8 Å². The van der Waals surface area contributed by atoms with E-state index < -0.39 is 55.9 Å². The molecule has 4 rings (SSSR count). The minimum atomic E-state index is -2.39. The predicted octanol–water partition coefficient (Wildman–Crippen LogP) is 4.75. The Balaban J connectivity index is 2.16. The van der Waals surface area contributed by atoms with Crippen LogP contribution in [0.3, 0.4) is 0 Å². The van der Waals surface area contributed by atoms with Gasteiger partial charge in [-0.2, -0.15) is 0 Å². The number of benzene rings is 2. The van der Waals surface area contributed by atoms with Gasteiger partial charge < -0.3 is 33.2 Å². The van der Waals surface area contributed by atoms with E-state index in [1.807, 2.05) is 0 Å². The van der Waals surface area contributed by atoms with Gasteiger partial charge in [0.15, 0.2) is 24.1 Å². The standard InChI is InChI=1S/C32H40O11Si/c1-15(33)40-28-22-21-23(25(36)24(22)29(41-16(2)34)32(7,37)30(28)42-17(3)35)27(39-9)20-18(26(21)38-8)13-12-14-19(20)43-44(10,11)31(4,5)6/h12-14,28-30,37H,1-11H3/t28-,29+,30+,32+/m0/s1. The fraction of sp³-hybridized carbons (Fsp3) is 0.500. The Hall–Kier alpha value is -3.90. The van der Waals surface area contributed by atoms with E-state index in [4.69, 9.17) is 28.1 Å². The molecule has 0 spiro atoms. The van der Waals surface area contributed by atoms with Crippen LogP contribution in [0.25, 0.3) is 16.3 Å². The van der Waals surface area contributed by atoms with Crippen molar-refractivity contribution in [2.75, 3.05) is 14.2 Å². The SMILES string of the molecule is COc1c2c(c(OC)c3c(O[Si](C)(C)C(C)(C)C)cccc13)C(=O)C1=C2[C@H](OC(C)=O)[C@@H](OC(C)=O)[C@](C)(O)[C@@H]1OC(C)=O. The average Bonchev–Trinajstić information content (AvgIpc) is 3.18. The Bertz CT molecular complexity index is 1600. The molecule has 238 valence electrons. The van der Waals surface area contributed by atoms with Crippen LogP contribution >= 0.6 is 0 Å². The lowest BCUT2D eigenvalue weighted by molar-refractivity contribution is -0.203. The summed E-state index contributed by atoms with van der Waals surface area (Å²) >= 11 is 0. The van der Waals surface area contributed by atoms with Crippen molar-refractivity contribution in [1.29, 1.82) is 0 Å². The molecule has 1 N–H and O–H groups in total. The normalized spacial score (nSPS) is 23.1. The molecule has 11 nitrogen and oxygen atoms in total. The molecule has 4 atom stereocenters. The Morgan fingerprint density at radius 3 is 1.93 bits per heavy atom. The summed E-state index contributed by atoms with van der Waals surface area (Å²) in [5.74, 6) is -2.11. The van der Waals surface area contributed by atoms with E-state index in [0.717, 1.165) is 20.8 Å². The number of aliphatic hydroxyl groups is 1. The van der Waals surface area contributed by atoms with Crippen molar-refractivity contribution in [3.05, 3.63) is 34.9 Å². The molecule has 0 radical (unpaired) electrons. The van der Waals surface area contributed by atoms with Gasteiger partial charge in [0, 0.05) is 37.3 Å². The summed E-state index contributed by atoms with van der Waals surface area (Å²) in [6.45, 7) is 15.2. The maximum absolute atomic E-state index is 14.5. The van der Waals surface area contributed by atoms with Gasteiger partial charge in [0.2, 0.25) is 0 Å². The first kappa shape index (κ1) is 33.0. The molecule has 2 aromatic carbocycles. The molecular formula is C32H40O11Si. The van der Waals surface area contributed by atoms with Crippen molar-refractivity contribution in [3.63, 3.8) is 0 Å². The van der Waals surface area contributed by atoms with Crippen molar-refractivity contribution in [1.82, 2.24) is 0 Å². The van der Waals surface area contributed by atoms with E-state index in [1.165, 1.54) is 21.1 Å². The number of hydrogen-bond donors (Lipinski definition) is 1. The van der Waals surface area contributed by atoms with Gasteiger partial charge in [0.05, 0.1) is 30.7 Å². The second-order valence-electron chi connectivity index (χ2n) is 12.8. The highest BCUT2D eigenvalue weighted by Crippen LogP contribution is 2.57. The Morgan fingerprint density at radius 1 is 0.864 bits per heavy atom. The van der Waals surface area contributed by atoms with E-state index in [2.05, 4.69) is 33.9 Å². The fourth-order valence-corrected chi connectivity index (χ4v) is 6.72. The first-order valence-electron chi connectivity index (χ1n) is 14.2. The molecular weight excluding hydrogens is 588 g/mol. The van der Waals surface area contributed by atoms with Crippen LogP contribution in [0.2, 0.25) is 18.1 Å². The molecule has 0 fully saturated rings. The van der Waals surface area contributed by atoms with E-state index in [-0.39, 0.29) is 38.8 Å². The summed E-state index contributed by atoms with van der Waals surface area (Å²) in [5.41, 5.74) is -2.01. The lowest BCUT2D eigenvalue weighted by Crippen LogP contribution is -2.62. The molecule has 0 heterocycles. The molecule has 0 aromatic heterocycles. The quantitative estimate of drug-likeness (QED) is 0.258. The maximum atomic E-state index is 14.5. The van der Waals surface area contributed by atoms with Crippen molar-refractivity contribution in [2.24, 2.45) is 0 Å². The average molecular weight is 629 g/mol. The van der Waals surface area contributed by atoms with Crippen molar-refractivity contribution in [2.45, 2.75) is 90.5 Å². The molecule has 2 aliphatic rings. The second-order valence-corrected chi connectivity index (χ2v) is 17.5. The van der Waals surface area contributed by atoms with E-state index in [1.54, 1.807) is 18.2 Å².